The maximum atomic E-state index is 13.1. The number of aliphatic carboxylic acids is 4. The number of thioether (sulfide) groups is 2. The molecule has 67 heavy (non-hydrogen) atoms. The zero-order chi connectivity index (χ0) is 48.9. The number of fused-ring (bicyclic) bond motifs is 2. The number of amides is 4. The van der Waals surface area contributed by atoms with Gasteiger partial charge in [-0.25, -0.2) is 28.9 Å². The van der Waals surface area contributed by atoms with Gasteiger partial charge in [-0.1, -0.05) is 29.0 Å². The number of rotatable bonds is 17. The lowest BCUT2D eigenvalue weighted by Gasteiger charge is -2.50. The number of oxime groups is 2. The quantitative estimate of drug-likeness (QED) is 0.0338. The van der Waals surface area contributed by atoms with Crippen LogP contribution in [0.1, 0.15) is 25.2 Å². The van der Waals surface area contributed by atoms with Crippen molar-refractivity contribution in [2.45, 2.75) is 48.8 Å². The molecule has 0 radical (unpaired) electrons. The van der Waals surface area contributed by atoms with E-state index in [9.17, 15) is 53.7 Å². The number of nitrogens with two attached hydrogens (primary N) is 2. The van der Waals surface area contributed by atoms with Gasteiger partial charge in [-0.2, -0.15) is 0 Å². The number of β-lactam (4-membered cyclic amide) rings is 2. The van der Waals surface area contributed by atoms with E-state index in [0.717, 1.165) is 32.5 Å². The Morgan fingerprint density at radius 1 is 0.881 bits per heavy atom. The maximum absolute atomic E-state index is 13.1. The third-order valence-electron chi connectivity index (χ3n) is 9.59. The van der Waals surface area contributed by atoms with Gasteiger partial charge in [-0.3, -0.25) is 29.0 Å². The van der Waals surface area contributed by atoms with E-state index in [1.54, 1.807) is 29.1 Å². The number of carboxylic acids is 4. The summed E-state index contributed by atoms with van der Waals surface area (Å²) in [6.45, 7) is 5.52. The lowest BCUT2D eigenvalue weighted by atomic mass is 10.0. The fourth-order valence-corrected chi connectivity index (χ4v) is 10.1. The number of allylic oxidation sites excluding steroid dienone is 1. The second-order valence-corrected chi connectivity index (χ2v) is 18.5. The number of aromatic nitrogens is 3. The third kappa shape index (κ3) is 10.7. The van der Waals surface area contributed by atoms with Crippen LogP contribution in [0, 0.1) is 0 Å². The lowest BCUT2D eigenvalue weighted by molar-refractivity contribution is -0.689. The molecule has 352 valence electrons. The van der Waals surface area contributed by atoms with E-state index in [-0.39, 0.29) is 51.0 Å². The van der Waals surface area contributed by atoms with Gasteiger partial charge in [0.1, 0.15) is 39.9 Å². The summed E-state index contributed by atoms with van der Waals surface area (Å²) in [6.07, 6.45) is 4.93. The Morgan fingerprint density at radius 3 is 1.87 bits per heavy atom. The molecular weight excluding hydrogens is 963 g/mol. The van der Waals surface area contributed by atoms with Crippen molar-refractivity contribution in [2.75, 3.05) is 29.6 Å². The van der Waals surface area contributed by atoms with E-state index in [2.05, 4.69) is 42.3 Å². The van der Waals surface area contributed by atoms with Crippen LogP contribution in [0.3, 0.4) is 0 Å². The van der Waals surface area contributed by atoms with Crippen LogP contribution in [-0.2, 0) is 54.6 Å². The number of hydrogen-bond acceptors (Lipinski definition) is 21. The first-order valence-electron chi connectivity index (χ1n) is 19.0. The Hall–Kier alpha value is -7.37. The molecule has 0 saturated carbocycles. The zero-order valence-corrected chi connectivity index (χ0v) is 38.0. The molecular formula is C38H37N11O14S4. The Bertz CT molecular complexity index is 2680. The number of carbonyl (C=O) groups is 8. The maximum Gasteiger partial charge on any atom is 0.352 e. The first-order valence-corrected chi connectivity index (χ1v) is 22.9. The Labute approximate surface area is 393 Å². The molecule has 7 rings (SSSR count). The second-order valence-electron chi connectivity index (χ2n) is 14.5. The minimum absolute atomic E-state index is 0.0265. The van der Waals surface area contributed by atoms with Crippen LogP contribution in [0.4, 0.5) is 10.3 Å². The van der Waals surface area contributed by atoms with Gasteiger partial charge >= 0.3 is 17.9 Å². The number of nitrogens with zero attached hydrogens (tertiary/aromatic N) is 7. The number of nitrogen functional groups attached to an aromatic ring is 2. The van der Waals surface area contributed by atoms with Crippen molar-refractivity contribution in [1.29, 1.82) is 0 Å². The van der Waals surface area contributed by atoms with Crippen molar-refractivity contribution in [3.05, 3.63) is 87.9 Å². The summed E-state index contributed by atoms with van der Waals surface area (Å²) in [5.41, 5.74) is 9.31. The van der Waals surface area contributed by atoms with E-state index in [4.69, 9.17) is 21.4 Å². The van der Waals surface area contributed by atoms with Gasteiger partial charge in [0.15, 0.2) is 40.6 Å². The van der Waals surface area contributed by atoms with Gasteiger partial charge < -0.3 is 57.0 Å². The predicted octanol–water partition coefficient (Wildman–Crippen LogP) is -1.84. The molecule has 4 atom stereocenters. The molecule has 0 unspecified atom stereocenters. The third-order valence-corrected chi connectivity index (χ3v) is 13.6. The van der Waals surface area contributed by atoms with Gasteiger partial charge in [-0.05, 0) is 19.4 Å². The minimum Gasteiger partial charge on any atom is -0.543 e. The average Bonchev–Trinajstić information content (AvgIpc) is 3.92. The summed E-state index contributed by atoms with van der Waals surface area (Å²) < 4.78 is 1.78. The summed E-state index contributed by atoms with van der Waals surface area (Å²) in [5, 5.41) is 53.4. The number of hydrogen-bond donors (Lipinski definition) is 7. The zero-order valence-electron chi connectivity index (χ0n) is 34.7. The molecule has 3 aromatic rings. The monoisotopic (exact) mass is 999 g/mol. The highest BCUT2D eigenvalue weighted by molar-refractivity contribution is 8.00. The molecule has 25 nitrogen and oxygen atoms in total. The summed E-state index contributed by atoms with van der Waals surface area (Å²) in [7, 11) is 0. The van der Waals surface area contributed by atoms with Crippen molar-refractivity contribution < 1.29 is 73.0 Å². The molecule has 4 aliphatic rings. The van der Waals surface area contributed by atoms with E-state index in [0.29, 0.717) is 22.7 Å². The number of pyridine rings is 1. The van der Waals surface area contributed by atoms with Crippen LogP contribution < -0.4 is 31.8 Å². The van der Waals surface area contributed by atoms with Gasteiger partial charge in [0, 0.05) is 40.0 Å². The molecule has 0 bridgehead atoms. The SMILES string of the molecule is C=CC1=C(C(=O)O)N2C(=O)[C@@H](NC(=O)/C(=N\OCC(=O)O)c3csc(N)n3)[C@H]2SC1.CC(C)(O/N=C(\C(=O)N[C@@H]1C(=O)N2C(C(=O)[O-])=C(C[n+]3ccccc3)CS[C@H]12)c1csc(N)n1)C(=O)O. The van der Waals surface area contributed by atoms with Crippen molar-refractivity contribution >= 4 is 115 Å². The summed E-state index contributed by atoms with van der Waals surface area (Å²) in [6, 6.07) is 3.35. The molecule has 4 amide bonds. The first kappa shape index (κ1) is 49.1. The van der Waals surface area contributed by atoms with Crippen molar-refractivity contribution in [2.24, 2.45) is 10.3 Å². The molecule has 0 aliphatic carbocycles. The highest BCUT2D eigenvalue weighted by Gasteiger charge is 2.55. The molecule has 0 spiro atoms. The molecule has 29 heteroatoms. The van der Waals surface area contributed by atoms with Crippen molar-refractivity contribution in [3.8, 4) is 0 Å². The van der Waals surface area contributed by atoms with Gasteiger partial charge in [-0.15, -0.1) is 46.2 Å². The smallest absolute Gasteiger partial charge is 0.352 e. The summed E-state index contributed by atoms with van der Waals surface area (Å²) in [4.78, 5) is 117. The van der Waals surface area contributed by atoms with Gasteiger partial charge in [0.2, 0.25) is 12.2 Å². The van der Waals surface area contributed by atoms with Crippen molar-refractivity contribution in [1.82, 2.24) is 30.4 Å². The van der Waals surface area contributed by atoms with Crippen molar-refractivity contribution in [3.63, 3.8) is 0 Å². The fraction of sp³-hybridized carbons (Fsp3) is 0.289. The second kappa shape index (κ2) is 20.4. The first-order chi connectivity index (χ1) is 31.7. The number of anilines is 2. The van der Waals surface area contributed by atoms with Crippen LogP contribution in [0.2, 0.25) is 0 Å². The molecule has 0 aromatic carbocycles. The topological polar surface area (TPSA) is 376 Å². The lowest BCUT2D eigenvalue weighted by Crippen LogP contribution is -2.71. The molecule has 2 fully saturated rings. The Balaban J connectivity index is 0.000000226. The predicted molar refractivity (Wildman–Crippen MR) is 236 cm³/mol. The number of nitrogens with one attached hydrogen (secondary N) is 2. The Morgan fingerprint density at radius 2 is 1.40 bits per heavy atom. The minimum atomic E-state index is -1.75. The number of carbonyl (C=O) groups excluding carboxylic acids is 5. The van der Waals surface area contributed by atoms with Crippen LogP contribution in [0.25, 0.3) is 0 Å². The highest BCUT2D eigenvalue weighted by Crippen LogP contribution is 2.41. The van der Waals surface area contributed by atoms with E-state index >= 15 is 0 Å². The molecule has 4 aliphatic heterocycles. The normalized spacial score (nSPS) is 20.2. The standard InChI is InChI=1S/C22H22N6O7S2.C16H15N5O7S2/c1-22(2,20(33)34)35-26-13(12-10-37-21(23)24-12)16(29)25-14-17(30)28-15(19(31)32)11(9-36-18(14)28)8-27-6-4-3-5-7-27;1-2-6-4-29-14-10(13(25)21(14)11(6)15(26)27)19-12(24)9(20-28-3-8(22)23)7-5-30-16(17)18-7/h3-7,10,14,18H,8-9H2,1-2H3,(H4-,23,24,25,29,31,32,33,34);2,5,10,14H,1,3-4H2,(H2,17,18)(H,19,24)(H,22,23)(H,26,27)/b26-13-;20-9-/t14-,18-;10-,14-/m11/s1. The van der Waals surface area contributed by atoms with Crippen LogP contribution >= 0.6 is 46.2 Å². The van der Waals surface area contributed by atoms with Gasteiger partial charge in [0.25, 0.3) is 23.6 Å². The van der Waals surface area contributed by atoms with E-state index < -0.39 is 82.5 Å². The largest absolute Gasteiger partial charge is 0.543 e. The fourth-order valence-electron chi connectivity index (χ4n) is 6.32. The highest BCUT2D eigenvalue weighted by atomic mass is 32.2. The number of carboxylic acid groups (broad SMARTS) is 4. The van der Waals surface area contributed by atoms with Gasteiger partial charge in [0.05, 0.1) is 11.7 Å². The van der Waals surface area contributed by atoms with E-state index in [1.807, 2.05) is 6.07 Å². The molecule has 9 N–H and O–H groups in total. The van der Waals surface area contributed by atoms with Crippen LogP contribution in [-0.4, -0.2) is 141 Å². The Kier molecular flexibility index (Phi) is 15.0. The summed E-state index contributed by atoms with van der Waals surface area (Å²) in [5.74, 6) is -7.73. The summed E-state index contributed by atoms with van der Waals surface area (Å²) >= 11 is 4.62. The van der Waals surface area contributed by atoms with E-state index in [1.165, 1.54) is 54.2 Å². The average molecular weight is 1000 g/mol. The number of thiazole rings is 2. The molecule has 7 heterocycles. The molecule has 2 saturated heterocycles. The van der Waals surface area contributed by atoms with Crippen LogP contribution in [0.15, 0.2) is 86.9 Å². The molecule has 3 aromatic heterocycles. The van der Waals surface area contributed by atoms with Crippen LogP contribution in [0.5, 0.6) is 0 Å².